The van der Waals surface area contributed by atoms with E-state index in [0.29, 0.717) is 6.61 Å². The van der Waals surface area contributed by atoms with Gasteiger partial charge in [-0.2, -0.15) is 4.37 Å². The van der Waals surface area contributed by atoms with Gasteiger partial charge in [0.15, 0.2) is 5.82 Å². The summed E-state index contributed by atoms with van der Waals surface area (Å²) >= 11 is 1.38. The van der Waals surface area contributed by atoms with Crippen LogP contribution in [-0.4, -0.2) is 30.6 Å². The summed E-state index contributed by atoms with van der Waals surface area (Å²) in [6.07, 6.45) is 0. The van der Waals surface area contributed by atoms with Crippen LogP contribution < -0.4 is 4.90 Å². The maximum atomic E-state index is 4.88. The van der Waals surface area contributed by atoms with Crippen LogP contribution in [0.1, 0.15) is 5.82 Å². The first kappa shape index (κ1) is 8.42. The normalized spacial score (nSPS) is 10.1. The molecule has 0 amide bonds. The predicted octanol–water partition coefficient (Wildman–Crippen LogP) is 0.751. The summed E-state index contributed by atoms with van der Waals surface area (Å²) < 4.78 is 8.98. The fourth-order valence-electron chi connectivity index (χ4n) is 0.614. The van der Waals surface area contributed by atoms with E-state index in [1.54, 1.807) is 7.11 Å². The molecular weight excluding hydrogens is 162 g/mol. The Bertz CT molecular complexity index is 223. The van der Waals surface area contributed by atoms with Gasteiger partial charge in [-0.15, -0.1) is 0 Å². The van der Waals surface area contributed by atoms with Crippen molar-refractivity contribution >= 4 is 16.7 Å². The summed E-state index contributed by atoms with van der Waals surface area (Å²) in [6.45, 7) is 0.490. The van der Waals surface area contributed by atoms with Crippen LogP contribution in [0, 0.1) is 0 Å². The number of hydrogen-bond donors (Lipinski definition) is 0. The lowest BCUT2D eigenvalue weighted by Crippen LogP contribution is -2.08. The lowest BCUT2D eigenvalue weighted by atomic mass is 10.7. The van der Waals surface area contributed by atoms with Gasteiger partial charge in [0.1, 0.15) is 6.61 Å². The minimum Gasteiger partial charge on any atom is -0.377 e. The molecule has 5 heteroatoms. The third-order valence-electron chi connectivity index (χ3n) is 1.11. The number of methoxy groups -OCH3 is 1. The largest absolute Gasteiger partial charge is 0.377 e. The monoisotopic (exact) mass is 173 g/mol. The average Bonchev–Trinajstić information content (AvgIpc) is 2.37. The highest BCUT2D eigenvalue weighted by Gasteiger charge is 2.03. The smallest absolute Gasteiger partial charge is 0.204 e. The number of rotatable bonds is 3. The van der Waals surface area contributed by atoms with E-state index in [0.717, 1.165) is 11.0 Å². The molecule has 11 heavy (non-hydrogen) atoms. The van der Waals surface area contributed by atoms with Gasteiger partial charge >= 0.3 is 0 Å². The Morgan fingerprint density at radius 2 is 2.27 bits per heavy atom. The van der Waals surface area contributed by atoms with Crippen molar-refractivity contribution in [3.63, 3.8) is 0 Å². The maximum Gasteiger partial charge on any atom is 0.204 e. The van der Waals surface area contributed by atoms with Crippen LogP contribution in [0.15, 0.2) is 0 Å². The highest BCUT2D eigenvalue weighted by atomic mass is 32.1. The van der Waals surface area contributed by atoms with Crippen LogP contribution in [0.5, 0.6) is 0 Å². The number of aromatic nitrogens is 2. The van der Waals surface area contributed by atoms with Crippen molar-refractivity contribution in [1.82, 2.24) is 9.36 Å². The van der Waals surface area contributed by atoms with Crippen molar-refractivity contribution in [2.45, 2.75) is 6.61 Å². The summed E-state index contributed by atoms with van der Waals surface area (Å²) in [5, 5.41) is 0.914. The van der Waals surface area contributed by atoms with Crippen molar-refractivity contribution in [2.24, 2.45) is 0 Å². The fraction of sp³-hybridized carbons (Fsp3) is 0.667. The summed E-state index contributed by atoms with van der Waals surface area (Å²) in [6, 6.07) is 0. The lowest BCUT2D eigenvalue weighted by molar-refractivity contribution is 0.179. The molecule has 1 aromatic heterocycles. The van der Waals surface area contributed by atoms with Gasteiger partial charge in [0.2, 0.25) is 5.13 Å². The second-order valence-corrected chi connectivity index (χ2v) is 3.05. The summed E-state index contributed by atoms with van der Waals surface area (Å²) in [5.74, 6) is 0.751. The van der Waals surface area contributed by atoms with E-state index in [1.165, 1.54) is 11.5 Å². The molecule has 0 aliphatic heterocycles. The third kappa shape index (κ3) is 2.13. The summed E-state index contributed by atoms with van der Waals surface area (Å²) in [7, 11) is 5.52. The van der Waals surface area contributed by atoms with Crippen molar-refractivity contribution in [3.05, 3.63) is 5.82 Å². The number of nitrogens with zero attached hydrogens (tertiary/aromatic N) is 3. The van der Waals surface area contributed by atoms with Crippen molar-refractivity contribution < 1.29 is 4.74 Å². The molecule has 1 heterocycles. The van der Waals surface area contributed by atoms with Gasteiger partial charge in [0.05, 0.1) is 0 Å². The molecule has 1 rings (SSSR count). The number of hydrogen-bond acceptors (Lipinski definition) is 5. The van der Waals surface area contributed by atoms with Crippen LogP contribution >= 0.6 is 11.5 Å². The molecule has 0 saturated heterocycles. The zero-order valence-corrected chi connectivity index (χ0v) is 7.68. The highest BCUT2D eigenvalue weighted by molar-refractivity contribution is 7.09. The molecular formula is C6H11N3OS. The number of ether oxygens (including phenoxy) is 1. The van der Waals surface area contributed by atoms with Gasteiger partial charge in [0.25, 0.3) is 0 Å². The minimum atomic E-state index is 0.490. The first-order valence-electron chi connectivity index (χ1n) is 3.23. The third-order valence-corrected chi connectivity index (χ3v) is 2.04. The maximum absolute atomic E-state index is 4.88. The standard InChI is InChI=1S/C6H11N3OS/c1-9(2)6-7-5(4-10-3)8-11-6/h4H2,1-3H3. The van der Waals surface area contributed by atoms with E-state index in [1.807, 2.05) is 19.0 Å². The van der Waals surface area contributed by atoms with Crippen molar-refractivity contribution in [1.29, 1.82) is 0 Å². The van der Waals surface area contributed by atoms with Crippen LogP contribution in [0.3, 0.4) is 0 Å². The molecule has 0 N–H and O–H groups in total. The summed E-state index contributed by atoms with van der Waals surface area (Å²) in [4.78, 5) is 6.14. The highest BCUT2D eigenvalue weighted by Crippen LogP contribution is 2.13. The Morgan fingerprint density at radius 3 is 2.73 bits per heavy atom. The van der Waals surface area contributed by atoms with Gasteiger partial charge in [-0.1, -0.05) is 0 Å². The van der Waals surface area contributed by atoms with Gasteiger partial charge in [-0.05, 0) is 0 Å². The molecule has 4 nitrogen and oxygen atoms in total. The van der Waals surface area contributed by atoms with Gasteiger partial charge in [-0.25, -0.2) is 4.98 Å². The second-order valence-electron chi connectivity index (χ2n) is 2.32. The van der Waals surface area contributed by atoms with Gasteiger partial charge in [0, 0.05) is 32.7 Å². The Balaban J connectivity index is 2.66. The average molecular weight is 173 g/mol. The van der Waals surface area contributed by atoms with Gasteiger partial charge in [-0.3, -0.25) is 0 Å². The molecule has 0 spiro atoms. The van der Waals surface area contributed by atoms with Crippen LogP contribution in [0.2, 0.25) is 0 Å². The molecule has 1 aromatic rings. The van der Waals surface area contributed by atoms with Crippen molar-refractivity contribution in [3.8, 4) is 0 Å². The molecule has 0 aliphatic carbocycles. The number of anilines is 1. The molecule has 0 unspecified atom stereocenters. The minimum absolute atomic E-state index is 0.490. The predicted molar refractivity (Wildman–Crippen MR) is 44.9 cm³/mol. The Labute approximate surface area is 70.0 Å². The van der Waals surface area contributed by atoms with E-state index in [4.69, 9.17) is 4.74 Å². The van der Waals surface area contributed by atoms with E-state index in [9.17, 15) is 0 Å². The molecule has 0 bridgehead atoms. The summed E-state index contributed by atoms with van der Waals surface area (Å²) in [5.41, 5.74) is 0. The zero-order valence-electron chi connectivity index (χ0n) is 6.87. The van der Waals surface area contributed by atoms with Crippen LogP contribution in [-0.2, 0) is 11.3 Å². The fourth-order valence-corrected chi connectivity index (χ4v) is 1.20. The molecule has 0 atom stereocenters. The molecule has 0 aliphatic rings. The first-order chi connectivity index (χ1) is 5.24. The van der Waals surface area contributed by atoms with E-state index in [2.05, 4.69) is 9.36 Å². The molecule has 0 saturated carbocycles. The van der Waals surface area contributed by atoms with E-state index >= 15 is 0 Å². The molecule has 62 valence electrons. The van der Waals surface area contributed by atoms with Crippen LogP contribution in [0.4, 0.5) is 5.13 Å². The topological polar surface area (TPSA) is 38.2 Å². The van der Waals surface area contributed by atoms with Gasteiger partial charge < -0.3 is 9.64 Å². The first-order valence-corrected chi connectivity index (χ1v) is 4.00. The molecule has 0 fully saturated rings. The quantitative estimate of drug-likeness (QED) is 0.676. The lowest BCUT2D eigenvalue weighted by Gasteiger charge is -2.03. The Kier molecular flexibility index (Phi) is 2.78. The SMILES string of the molecule is COCc1nsc(N(C)C)n1. The Hall–Kier alpha value is -0.680. The van der Waals surface area contributed by atoms with Crippen molar-refractivity contribution in [2.75, 3.05) is 26.1 Å². The second kappa shape index (κ2) is 3.64. The van der Waals surface area contributed by atoms with E-state index in [-0.39, 0.29) is 0 Å². The molecule has 0 radical (unpaired) electrons. The van der Waals surface area contributed by atoms with Crippen LogP contribution in [0.25, 0.3) is 0 Å². The zero-order chi connectivity index (χ0) is 8.27. The Morgan fingerprint density at radius 1 is 1.55 bits per heavy atom. The molecule has 0 aromatic carbocycles. The van der Waals surface area contributed by atoms with E-state index < -0.39 is 0 Å².